The smallest absolute Gasteiger partial charge is 0.306 e. The van der Waals surface area contributed by atoms with Crippen molar-refractivity contribution in [2.24, 2.45) is 0 Å². The zero-order valence-electron chi connectivity index (χ0n) is 74.5. The van der Waals surface area contributed by atoms with Crippen LogP contribution in [0.3, 0.4) is 0 Å². The number of hydrogen-bond acceptors (Lipinski definition) is 16. The van der Waals surface area contributed by atoms with Gasteiger partial charge in [0.2, 0.25) is 0 Å². The molecule has 4 unspecified atom stereocenters. The van der Waals surface area contributed by atoms with E-state index in [4.69, 9.17) is 23.7 Å². The summed E-state index contributed by atoms with van der Waals surface area (Å²) in [7, 11) is 1.99. The largest absolute Gasteiger partial charge is 0.463 e. The van der Waals surface area contributed by atoms with Crippen LogP contribution in [0.25, 0.3) is 0 Å². The standard InChI is InChI=1S/C94H172N6O13/c1-12-20-40-56-83(16-5)110-88(102)60-44-32-24-28-36-48-70-99(71-49-37-29-25-33-45-61-89(103)111-84(17-6)57-41-21-13-2)74-54-66-96-93(107)81-76-80(92(106)95-65-53-69-98(11)68-52-64-87(101)109-79(9)10)77-82(78-81)94(108)97-67-55-75-100(72-50-38-30-26-34-46-62-90(104)112-85(18-7)58-42-22-14-3)73-51-39-31-27-35-47-63-91(105)113-86(19-8)59-43-23-15-4/h76-79,83-86H,12-75H2,1-11H3,(H,95,106)(H,96,107)(H,97,108). The summed E-state index contributed by atoms with van der Waals surface area (Å²) < 4.78 is 28.5. The summed E-state index contributed by atoms with van der Waals surface area (Å²) in [5.74, 6) is -1.53. The first-order chi connectivity index (χ1) is 54.8. The van der Waals surface area contributed by atoms with Gasteiger partial charge in [0.05, 0.1) is 6.10 Å². The molecule has 0 saturated carbocycles. The topological polar surface area (TPSA) is 229 Å². The van der Waals surface area contributed by atoms with E-state index in [0.717, 1.165) is 309 Å². The molecule has 0 radical (unpaired) electrons. The molecular formula is C94H172N6O13. The zero-order valence-corrected chi connectivity index (χ0v) is 74.5. The third-order valence-corrected chi connectivity index (χ3v) is 21.8. The molecule has 1 aromatic rings. The van der Waals surface area contributed by atoms with Crippen LogP contribution in [-0.4, -0.2) is 172 Å². The van der Waals surface area contributed by atoms with Crippen LogP contribution in [0, 0.1) is 0 Å². The molecule has 0 fully saturated rings. The number of benzene rings is 1. The van der Waals surface area contributed by atoms with Gasteiger partial charge in [0.15, 0.2) is 0 Å². The van der Waals surface area contributed by atoms with E-state index in [0.29, 0.717) is 77.7 Å². The Morgan fingerprint density at radius 2 is 0.496 bits per heavy atom. The monoisotopic (exact) mass is 1590 g/mol. The molecule has 0 aliphatic carbocycles. The van der Waals surface area contributed by atoms with E-state index in [2.05, 4.69) is 86.0 Å². The van der Waals surface area contributed by atoms with Crippen molar-refractivity contribution >= 4 is 47.6 Å². The molecule has 0 aliphatic rings. The molecule has 0 heterocycles. The van der Waals surface area contributed by atoms with Crippen molar-refractivity contribution in [3.63, 3.8) is 0 Å². The van der Waals surface area contributed by atoms with Crippen molar-refractivity contribution in [2.75, 3.05) is 79.0 Å². The van der Waals surface area contributed by atoms with E-state index in [1.807, 2.05) is 20.9 Å². The number of nitrogens with one attached hydrogen (secondary N) is 3. The molecule has 19 nitrogen and oxygen atoms in total. The Morgan fingerprint density at radius 3 is 0.752 bits per heavy atom. The van der Waals surface area contributed by atoms with Crippen molar-refractivity contribution < 1.29 is 62.0 Å². The summed E-state index contributed by atoms with van der Waals surface area (Å²) in [5.41, 5.74) is 0.731. The molecule has 4 atom stereocenters. The highest BCUT2D eigenvalue weighted by Gasteiger charge is 2.21. The Balaban J connectivity index is 3.19. The predicted octanol–water partition coefficient (Wildman–Crippen LogP) is 21.8. The molecule has 0 spiro atoms. The molecular weight excluding hydrogens is 1420 g/mol. The molecule has 1 aromatic carbocycles. The first-order valence-electron chi connectivity index (χ1n) is 46.9. The van der Waals surface area contributed by atoms with Crippen LogP contribution in [-0.2, 0) is 47.7 Å². The molecule has 3 amide bonds. The van der Waals surface area contributed by atoms with Gasteiger partial charge in [-0.25, -0.2) is 0 Å². The number of esters is 5. The summed E-state index contributed by atoms with van der Waals surface area (Å²) in [6.07, 6.45) is 50.9. The van der Waals surface area contributed by atoms with Gasteiger partial charge in [-0.05, 0) is 246 Å². The van der Waals surface area contributed by atoms with Crippen LogP contribution in [0.5, 0.6) is 0 Å². The molecule has 19 heteroatoms. The lowest BCUT2D eigenvalue weighted by atomic mass is 10.0. The van der Waals surface area contributed by atoms with Gasteiger partial charge in [0.1, 0.15) is 24.4 Å². The van der Waals surface area contributed by atoms with Crippen molar-refractivity contribution in [1.82, 2.24) is 30.7 Å². The molecule has 656 valence electrons. The van der Waals surface area contributed by atoms with Gasteiger partial charge in [-0.3, -0.25) is 38.4 Å². The molecule has 0 aliphatic heterocycles. The van der Waals surface area contributed by atoms with Gasteiger partial charge < -0.3 is 54.3 Å². The van der Waals surface area contributed by atoms with Crippen LogP contribution in [0.2, 0.25) is 0 Å². The second kappa shape index (κ2) is 74.4. The van der Waals surface area contributed by atoms with Gasteiger partial charge >= 0.3 is 29.8 Å². The second-order valence-electron chi connectivity index (χ2n) is 32.8. The minimum absolute atomic E-state index is 0.0294. The maximum absolute atomic E-state index is 14.3. The highest BCUT2D eigenvalue weighted by molar-refractivity contribution is 6.04. The predicted molar refractivity (Wildman–Crippen MR) is 465 cm³/mol. The summed E-state index contributed by atoms with van der Waals surface area (Å²) in [4.78, 5) is 112. The van der Waals surface area contributed by atoms with Crippen LogP contribution < -0.4 is 16.0 Å². The van der Waals surface area contributed by atoms with Gasteiger partial charge in [0.25, 0.3) is 17.7 Å². The third-order valence-electron chi connectivity index (χ3n) is 21.8. The van der Waals surface area contributed by atoms with Crippen molar-refractivity contribution in [3.8, 4) is 0 Å². The van der Waals surface area contributed by atoms with Gasteiger partial charge in [-0.15, -0.1) is 0 Å². The van der Waals surface area contributed by atoms with Crippen molar-refractivity contribution in [3.05, 3.63) is 34.9 Å². The third kappa shape index (κ3) is 61.8. The van der Waals surface area contributed by atoms with E-state index in [-0.39, 0.29) is 94.8 Å². The lowest BCUT2D eigenvalue weighted by molar-refractivity contribution is -0.150. The van der Waals surface area contributed by atoms with E-state index < -0.39 is 0 Å². The second-order valence-corrected chi connectivity index (χ2v) is 32.8. The molecule has 113 heavy (non-hydrogen) atoms. The Hall–Kier alpha value is -5.14. The Morgan fingerprint density at radius 1 is 0.274 bits per heavy atom. The Labute approximate surface area is 690 Å². The quantitative estimate of drug-likeness (QED) is 0.0313. The molecule has 3 N–H and O–H groups in total. The zero-order chi connectivity index (χ0) is 83.0. The van der Waals surface area contributed by atoms with Gasteiger partial charge in [-0.2, -0.15) is 0 Å². The lowest BCUT2D eigenvalue weighted by Crippen LogP contribution is -2.33. The maximum atomic E-state index is 14.3. The van der Waals surface area contributed by atoms with E-state index >= 15 is 0 Å². The van der Waals surface area contributed by atoms with Crippen molar-refractivity contribution in [1.29, 1.82) is 0 Å². The van der Waals surface area contributed by atoms with E-state index in [1.54, 1.807) is 18.2 Å². The number of carbonyl (C=O) groups is 8. The number of unbranched alkanes of at least 4 members (excludes halogenated alkanes) is 28. The average molecular weight is 1590 g/mol. The number of amides is 3. The van der Waals surface area contributed by atoms with Gasteiger partial charge in [0, 0.05) is 68.4 Å². The summed E-state index contributed by atoms with van der Waals surface area (Å²) in [5, 5.41) is 9.32. The molecule has 0 bridgehead atoms. The molecule has 0 saturated heterocycles. The maximum Gasteiger partial charge on any atom is 0.306 e. The van der Waals surface area contributed by atoms with E-state index in [9.17, 15) is 38.4 Å². The van der Waals surface area contributed by atoms with Gasteiger partial charge in [-0.1, -0.05) is 209 Å². The Kier molecular flexibility index (Phi) is 69.7. The number of carbonyl (C=O) groups excluding carboxylic acids is 8. The molecule has 0 aromatic heterocycles. The summed E-state index contributed by atoms with van der Waals surface area (Å²) in [6.45, 7) is 28.9. The fraction of sp³-hybridized carbons (Fsp3) is 0.851. The highest BCUT2D eigenvalue weighted by Crippen LogP contribution is 2.21. The van der Waals surface area contributed by atoms with Crippen LogP contribution >= 0.6 is 0 Å². The Bertz CT molecular complexity index is 2300. The fourth-order valence-electron chi connectivity index (χ4n) is 14.6. The van der Waals surface area contributed by atoms with Crippen LogP contribution in [0.1, 0.15) is 441 Å². The van der Waals surface area contributed by atoms with Crippen molar-refractivity contribution in [2.45, 2.75) is 440 Å². The number of nitrogens with zero attached hydrogens (tertiary/aromatic N) is 3. The average Bonchev–Trinajstić information content (AvgIpc) is 0.826. The first-order valence-corrected chi connectivity index (χ1v) is 46.9. The fourth-order valence-corrected chi connectivity index (χ4v) is 14.6. The summed E-state index contributed by atoms with van der Waals surface area (Å²) >= 11 is 0. The summed E-state index contributed by atoms with van der Waals surface area (Å²) in [6, 6.07) is 4.77. The first kappa shape index (κ1) is 106. The highest BCUT2D eigenvalue weighted by atomic mass is 16.6. The number of hydrogen-bond donors (Lipinski definition) is 3. The SMILES string of the molecule is CCCCCC(CC)OC(=O)CCCCCCCCN(CCCCCCCCC(=O)OC(CC)CCCCC)CCCNC(=O)c1cc(C(=O)NCCCN(C)CCCC(=O)OC(C)C)cc(C(=O)NCCCN(CCCCCCCCC(=O)OC(CC)CCCCC)CCCCCCCCC(=O)OC(CC)CCCCC)c1. The van der Waals surface area contributed by atoms with E-state index in [1.165, 1.54) is 25.7 Å². The van der Waals surface area contributed by atoms with Crippen LogP contribution in [0.4, 0.5) is 0 Å². The minimum Gasteiger partial charge on any atom is -0.463 e. The normalized spacial score (nSPS) is 12.6. The number of rotatable bonds is 80. The lowest BCUT2D eigenvalue weighted by Gasteiger charge is -2.22. The van der Waals surface area contributed by atoms with Crippen LogP contribution in [0.15, 0.2) is 18.2 Å². The molecule has 1 rings (SSSR count). The number of ether oxygens (including phenoxy) is 5. The minimum atomic E-state index is -0.368.